The maximum Gasteiger partial charge on any atom is 0.357 e. The van der Waals surface area contributed by atoms with E-state index < -0.39 is 0 Å². The molecule has 6 nitrogen and oxygen atoms in total. The van der Waals surface area contributed by atoms with Crippen molar-refractivity contribution in [3.63, 3.8) is 0 Å². The largest absolute Gasteiger partial charge is 0.464 e. The van der Waals surface area contributed by atoms with Crippen LogP contribution < -0.4 is 5.32 Å². The molecule has 1 atom stereocenters. The Morgan fingerprint density at radius 1 is 1.47 bits per heavy atom. The number of rotatable bonds is 2. The van der Waals surface area contributed by atoms with E-state index in [1.165, 1.54) is 7.11 Å². The van der Waals surface area contributed by atoms with Crippen LogP contribution in [0, 0.1) is 0 Å². The number of methoxy groups -OCH3 is 1. The van der Waals surface area contributed by atoms with Crippen molar-refractivity contribution in [2.75, 3.05) is 26.9 Å². The highest BCUT2D eigenvalue weighted by molar-refractivity contribution is 5.89. The van der Waals surface area contributed by atoms with Crippen molar-refractivity contribution in [1.82, 2.24) is 15.3 Å². The van der Waals surface area contributed by atoms with Crippen LogP contribution in [-0.4, -0.2) is 42.8 Å². The fourth-order valence-corrected chi connectivity index (χ4v) is 2.55. The summed E-state index contributed by atoms with van der Waals surface area (Å²) < 4.78 is 10.2. The number of carbonyl (C=O) groups is 1. The first-order valence-electron chi connectivity index (χ1n) is 6.56. The SMILES string of the molecule is COC(=O)c1nc(C2CCOC2)nc2c1CNCC2. The average Bonchev–Trinajstić information content (AvgIpc) is 2.99. The molecule has 3 heterocycles. The number of ether oxygens (including phenoxy) is 2. The molecule has 6 heteroatoms. The lowest BCUT2D eigenvalue weighted by atomic mass is 10.0. The smallest absolute Gasteiger partial charge is 0.357 e. The van der Waals surface area contributed by atoms with Crippen LogP contribution >= 0.6 is 0 Å². The van der Waals surface area contributed by atoms with E-state index in [1.807, 2.05) is 0 Å². The number of nitrogens with one attached hydrogen (secondary N) is 1. The molecule has 2 aliphatic rings. The van der Waals surface area contributed by atoms with Crippen LogP contribution in [0.1, 0.15) is 39.9 Å². The minimum absolute atomic E-state index is 0.198. The van der Waals surface area contributed by atoms with Gasteiger partial charge in [-0.2, -0.15) is 0 Å². The van der Waals surface area contributed by atoms with Gasteiger partial charge >= 0.3 is 5.97 Å². The van der Waals surface area contributed by atoms with Gasteiger partial charge in [-0.1, -0.05) is 0 Å². The van der Waals surface area contributed by atoms with Crippen molar-refractivity contribution in [2.45, 2.75) is 25.3 Å². The van der Waals surface area contributed by atoms with Gasteiger partial charge in [0.2, 0.25) is 0 Å². The number of nitrogens with zero attached hydrogens (tertiary/aromatic N) is 2. The lowest BCUT2D eigenvalue weighted by Crippen LogP contribution is -2.29. The molecule has 0 spiro atoms. The zero-order chi connectivity index (χ0) is 13.2. The van der Waals surface area contributed by atoms with Gasteiger partial charge in [0.1, 0.15) is 5.82 Å². The van der Waals surface area contributed by atoms with E-state index in [2.05, 4.69) is 15.3 Å². The van der Waals surface area contributed by atoms with Crippen LogP contribution in [0.3, 0.4) is 0 Å². The zero-order valence-corrected chi connectivity index (χ0v) is 10.9. The Bertz CT molecular complexity index is 498. The van der Waals surface area contributed by atoms with E-state index in [-0.39, 0.29) is 11.9 Å². The van der Waals surface area contributed by atoms with Gasteiger partial charge in [-0.25, -0.2) is 14.8 Å². The Labute approximate surface area is 111 Å². The second-order valence-electron chi connectivity index (χ2n) is 4.83. The lowest BCUT2D eigenvalue weighted by Gasteiger charge is -2.20. The number of carbonyl (C=O) groups excluding carboxylic acids is 1. The number of esters is 1. The predicted octanol–water partition coefficient (Wildman–Crippen LogP) is 0.413. The standard InChI is InChI=1S/C13H17N3O3/c1-18-13(17)11-9-6-14-4-2-10(9)15-12(16-11)8-3-5-19-7-8/h8,14H,2-7H2,1H3. The molecule has 1 unspecified atom stereocenters. The molecule has 1 aromatic rings. The van der Waals surface area contributed by atoms with Crippen molar-refractivity contribution in [3.8, 4) is 0 Å². The monoisotopic (exact) mass is 263 g/mol. The van der Waals surface area contributed by atoms with Gasteiger partial charge in [0, 0.05) is 37.6 Å². The van der Waals surface area contributed by atoms with Crippen LogP contribution in [0.4, 0.5) is 0 Å². The summed E-state index contributed by atoms with van der Waals surface area (Å²) in [4.78, 5) is 20.9. The van der Waals surface area contributed by atoms with E-state index in [0.29, 0.717) is 18.8 Å². The fraction of sp³-hybridized carbons (Fsp3) is 0.615. The molecule has 102 valence electrons. The van der Waals surface area contributed by atoms with Crippen LogP contribution in [0.5, 0.6) is 0 Å². The maximum absolute atomic E-state index is 11.9. The summed E-state index contributed by atoms with van der Waals surface area (Å²) in [6.07, 6.45) is 1.74. The molecule has 2 aliphatic heterocycles. The molecule has 0 saturated carbocycles. The summed E-state index contributed by atoms with van der Waals surface area (Å²) in [5.41, 5.74) is 2.25. The molecule has 0 amide bonds. The van der Waals surface area contributed by atoms with Crippen molar-refractivity contribution in [2.24, 2.45) is 0 Å². The summed E-state index contributed by atoms with van der Waals surface area (Å²) in [5.74, 6) is 0.532. The topological polar surface area (TPSA) is 73.3 Å². The van der Waals surface area contributed by atoms with E-state index in [0.717, 1.165) is 43.1 Å². The normalized spacial score (nSPS) is 22.1. The van der Waals surface area contributed by atoms with Crippen molar-refractivity contribution in [3.05, 3.63) is 22.8 Å². The molecule has 0 aliphatic carbocycles. The Hall–Kier alpha value is -1.53. The summed E-state index contributed by atoms with van der Waals surface area (Å²) in [7, 11) is 1.38. The molecular formula is C13H17N3O3. The molecule has 0 radical (unpaired) electrons. The minimum Gasteiger partial charge on any atom is -0.464 e. The summed E-state index contributed by atoms with van der Waals surface area (Å²) >= 11 is 0. The molecular weight excluding hydrogens is 246 g/mol. The Morgan fingerprint density at radius 2 is 2.37 bits per heavy atom. The lowest BCUT2D eigenvalue weighted by molar-refractivity contribution is 0.0591. The predicted molar refractivity (Wildman–Crippen MR) is 67.0 cm³/mol. The molecule has 1 N–H and O–H groups in total. The van der Waals surface area contributed by atoms with Gasteiger partial charge in [0.25, 0.3) is 0 Å². The van der Waals surface area contributed by atoms with Crippen molar-refractivity contribution in [1.29, 1.82) is 0 Å². The Morgan fingerprint density at radius 3 is 3.11 bits per heavy atom. The van der Waals surface area contributed by atoms with E-state index >= 15 is 0 Å². The van der Waals surface area contributed by atoms with Gasteiger partial charge in [-0.15, -0.1) is 0 Å². The van der Waals surface area contributed by atoms with Crippen molar-refractivity contribution < 1.29 is 14.3 Å². The summed E-state index contributed by atoms with van der Waals surface area (Å²) in [6.45, 7) is 2.88. The first-order valence-corrected chi connectivity index (χ1v) is 6.56. The van der Waals surface area contributed by atoms with E-state index in [9.17, 15) is 4.79 Å². The summed E-state index contributed by atoms with van der Waals surface area (Å²) in [6, 6.07) is 0. The third-order valence-electron chi connectivity index (χ3n) is 3.62. The van der Waals surface area contributed by atoms with Crippen LogP contribution in [0.2, 0.25) is 0 Å². The molecule has 0 aromatic carbocycles. The van der Waals surface area contributed by atoms with Gasteiger partial charge in [-0.05, 0) is 6.42 Å². The molecule has 3 rings (SSSR count). The van der Waals surface area contributed by atoms with Gasteiger partial charge in [0.15, 0.2) is 5.69 Å². The molecule has 1 aromatic heterocycles. The number of hydrogen-bond donors (Lipinski definition) is 1. The van der Waals surface area contributed by atoms with Gasteiger partial charge < -0.3 is 14.8 Å². The van der Waals surface area contributed by atoms with Crippen LogP contribution in [0.25, 0.3) is 0 Å². The fourth-order valence-electron chi connectivity index (χ4n) is 2.55. The maximum atomic E-state index is 11.9. The van der Waals surface area contributed by atoms with E-state index in [4.69, 9.17) is 9.47 Å². The molecule has 19 heavy (non-hydrogen) atoms. The van der Waals surface area contributed by atoms with Gasteiger partial charge in [-0.3, -0.25) is 0 Å². The summed E-state index contributed by atoms with van der Waals surface area (Å²) in [5, 5.41) is 3.24. The van der Waals surface area contributed by atoms with Crippen LogP contribution in [0.15, 0.2) is 0 Å². The number of hydrogen-bond acceptors (Lipinski definition) is 6. The second-order valence-corrected chi connectivity index (χ2v) is 4.83. The molecule has 1 saturated heterocycles. The van der Waals surface area contributed by atoms with Gasteiger partial charge in [0.05, 0.1) is 19.4 Å². The molecule has 0 bridgehead atoms. The molecule has 1 fully saturated rings. The Balaban J connectivity index is 2.04. The Kier molecular flexibility index (Phi) is 3.44. The minimum atomic E-state index is -0.387. The highest BCUT2D eigenvalue weighted by Gasteiger charge is 2.27. The highest BCUT2D eigenvalue weighted by atomic mass is 16.5. The second kappa shape index (κ2) is 5.22. The third-order valence-corrected chi connectivity index (χ3v) is 3.62. The van der Waals surface area contributed by atoms with E-state index in [1.54, 1.807) is 0 Å². The van der Waals surface area contributed by atoms with Crippen LogP contribution in [-0.2, 0) is 22.4 Å². The quantitative estimate of drug-likeness (QED) is 0.779. The first-order chi connectivity index (χ1) is 9.29. The van der Waals surface area contributed by atoms with Crippen molar-refractivity contribution >= 4 is 5.97 Å². The third kappa shape index (κ3) is 2.33. The first kappa shape index (κ1) is 12.5. The number of fused-ring (bicyclic) bond motifs is 1. The number of aromatic nitrogens is 2. The highest BCUT2D eigenvalue weighted by Crippen LogP contribution is 2.25. The average molecular weight is 263 g/mol. The zero-order valence-electron chi connectivity index (χ0n) is 10.9.